The molecule has 0 bridgehead atoms. The Hall–Kier alpha value is -3.52. The fourth-order valence-electron chi connectivity index (χ4n) is 3.58. The fraction of sp³-hybridized carbons (Fsp3) is 0.0385. The summed E-state index contributed by atoms with van der Waals surface area (Å²) in [5.74, 6) is -0.274. The number of carbonyl (C=O) groups excluding carboxylic acids is 1. The maximum atomic E-state index is 12.6. The van der Waals surface area contributed by atoms with Crippen LogP contribution in [0.2, 0.25) is 10.0 Å². The minimum atomic E-state index is -0.282. The Balaban J connectivity index is 1.44. The van der Waals surface area contributed by atoms with Crippen LogP contribution in [0.5, 0.6) is 5.88 Å². The van der Waals surface area contributed by atoms with Crippen molar-refractivity contribution in [3.05, 3.63) is 105 Å². The van der Waals surface area contributed by atoms with E-state index in [4.69, 9.17) is 23.2 Å². The van der Waals surface area contributed by atoms with Crippen molar-refractivity contribution in [3.8, 4) is 11.6 Å². The molecule has 0 saturated carbocycles. The minimum absolute atomic E-state index is 0.0379. The van der Waals surface area contributed by atoms with E-state index >= 15 is 0 Å². The van der Waals surface area contributed by atoms with Gasteiger partial charge in [-0.05, 0) is 48.6 Å². The normalized spacial score (nSPS) is 13.3. The molecule has 1 amide bonds. The molecule has 1 aromatic heterocycles. The van der Waals surface area contributed by atoms with E-state index in [1.807, 2.05) is 60.7 Å². The summed E-state index contributed by atoms with van der Waals surface area (Å²) in [5, 5.41) is 17.0. The minimum Gasteiger partial charge on any atom is -0.493 e. The average Bonchev–Trinajstić information content (AvgIpc) is 3.41. The molecule has 2 N–H and O–H groups in total. The van der Waals surface area contributed by atoms with Crippen molar-refractivity contribution in [1.29, 1.82) is 0 Å². The zero-order valence-electron chi connectivity index (χ0n) is 18.2. The largest absolute Gasteiger partial charge is 0.493 e. The van der Waals surface area contributed by atoms with Gasteiger partial charge in [0.2, 0.25) is 11.8 Å². The lowest BCUT2D eigenvalue weighted by Crippen LogP contribution is -2.19. The molecule has 2 heterocycles. The Morgan fingerprint density at radius 3 is 2.63 bits per heavy atom. The lowest BCUT2D eigenvalue weighted by molar-refractivity contribution is -0.113. The number of allylic oxidation sites excluding steroid dienone is 1. The second-order valence-electron chi connectivity index (χ2n) is 7.62. The zero-order valence-corrected chi connectivity index (χ0v) is 20.5. The summed E-state index contributed by atoms with van der Waals surface area (Å²) in [5.41, 5.74) is 2.20. The number of benzene rings is 3. The number of hydrogen-bond acceptors (Lipinski definition) is 5. The number of rotatable bonds is 6. The molecule has 1 aliphatic rings. The monoisotopic (exact) mass is 520 g/mol. The maximum absolute atomic E-state index is 12.6. The van der Waals surface area contributed by atoms with E-state index in [2.05, 4.69) is 15.3 Å². The third kappa shape index (κ3) is 5.12. The Labute approximate surface area is 215 Å². The number of carbonyl (C=O) groups is 1. The van der Waals surface area contributed by atoms with Crippen molar-refractivity contribution in [3.63, 3.8) is 0 Å². The van der Waals surface area contributed by atoms with Gasteiger partial charge in [0.25, 0.3) is 0 Å². The maximum Gasteiger partial charge on any atom is 0.234 e. The summed E-state index contributed by atoms with van der Waals surface area (Å²) < 4.78 is 1.61. The molecule has 1 aliphatic heterocycles. The molecule has 0 fully saturated rings. The SMILES string of the molecule is O=C(CSc1nc(/C=C2/C=c3ccccc3=N2)c(O)n1-c1ccccc1)Nc1cc(Cl)ccc1Cl. The molecule has 6 nitrogen and oxygen atoms in total. The van der Waals surface area contributed by atoms with Crippen molar-refractivity contribution in [1.82, 2.24) is 9.55 Å². The van der Waals surface area contributed by atoms with E-state index in [0.717, 1.165) is 16.3 Å². The van der Waals surface area contributed by atoms with E-state index in [1.165, 1.54) is 11.8 Å². The number of aromatic nitrogens is 2. The van der Waals surface area contributed by atoms with E-state index in [0.29, 0.717) is 32.3 Å². The molecule has 3 aromatic carbocycles. The molecular formula is C26H18Cl2N4O2S. The van der Waals surface area contributed by atoms with Crippen molar-refractivity contribution < 1.29 is 9.90 Å². The van der Waals surface area contributed by atoms with E-state index in [1.54, 1.807) is 28.8 Å². The summed E-state index contributed by atoms with van der Waals surface area (Å²) in [6.45, 7) is 0. The highest BCUT2D eigenvalue weighted by molar-refractivity contribution is 7.99. The van der Waals surface area contributed by atoms with Crippen LogP contribution in [0.4, 0.5) is 5.69 Å². The number of thioether (sulfide) groups is 1. The van der Waals surface area contributed by atoms with Gasteiger partial charge in [-0.25, -0.2) is 9.98 Å². The van der Waals surface area contributed by atoms with Crippen molar-refractivity contribution in [2.45, 2.75) is 5.16 Å². The molecule has 0 saturated heterocycles. The van der Waals surface area contributed by atoms with E-state index < -0.39 is 0 Å². The number of imidazole rings is 1. The molecule has 35 heavy (non-hydrogen) atoms. The van der Waals surface area contributed by atoms with Crippen LogP contribution < -0.4 is 15.9 Å². The van der Waals surface area contributed by atoms with Crippen LogP contribution >= 0.6 is 35.0 Å². The van der Waals surface area contributed by atoms with Crippen LogP contribution in [0.25, 0.3) is 17.8 Å². The summed E-state index contributed by atoms with van der Waals surface area (Å²) in [4.78, 5) is 21.8. The van der Waals surface area contributed by atoms with Crippen LogP contribution in [-0.2, 0) is 4.79 Å². The average molecular weight is 521 g/mol. The first-order valence-electron chi connectivity index (χ1n) is 10.6. The van der Waals surface area contributed by atoms with Gasteiger partial charge in [0, 0.05) is 10.2 Å². The second-order valence-corrected chi connectivity index (χ2v) is 9.41. The molecule has 4 aromatic rings. The highest BCUT2D eigenvalue weighted by atomic mass is 35.5. The summed E-state index contributed by atoms with van der Waals surface area (Å²) >= 11 is 13.4. The van der Waals surface area contributed by atoms with Crippen LogP contribution in [-0.4, -0.2) is 26.3 Å². The molecule has 0 spiro atoms. The van der Waals surface area contributed by atoms with Gasteiger partial charge in [-0.15, -0.1) is 0 Å². The van der Waals surface area contributed by atoms with Crippen LogP contribution in [0.15, 0.2) is 88.6 Å². The third-order valence-corrected chi connectivity index (χ3v) is 6.68. The number of anilines is 1. The Morgan fingerprint density at radius 2 is 1.83 bits per heavy atom. The highest BCUT2D eigenvalue weighted by Gasteiger charge is 2.19. The smallest absolute Gasteiger partial charge is 0.234 e. The lowest BCUT2D eigenvalue weighted by atomic mass is 10.2. The predicted octanol–water partition coefficient (Wildman–Crippen LogP) is 5.07. The van der Waals surface area contributed by atoms with Gasteiger partial charge < -0.3 is 10.4 Å². The molecule has 0 unspecified atom stereocenters. The van der Waals surface area contributed by atoms with Gasteiger partial charge in [-0.3, -0.25) is 9.36 Å². The number of hydrogen-bond donors (Lipinski definition) is 2. The quantitative estimate of drug-likeness (QED) is 0.348. The predicted molar refractivity (Wildman–Crippen MR) is 141 cm³/mol. The Morgan fingerprint density at radius 1 is 1.06 bits per heavy atom. The topological polar surface area (TPSA) is 79.5 Å². The van der Waals surface area contributed by atoms with Gasteiger partial charge in [-0.1, -0.05) is 71.4 Å². The third-order valence-electron chi connectivity index (χ3n) is 5.17. The van der Waals surface area contributed by atoms with Crippen molar-refractivity contribution in [2.75, 3.05) is 11.1 Å². The summed E-state index contributed by atoms with van der Waals surface area (Å²) in [6, 6.07) is 22.0. The molecule has 0 radical (unpaired) electrons. The number of aromatic hydroxyl groups is 1. The molecule has 0 atom stereocenters. The number of amides is 1. The van der Waals surface area contributed by atoms with Gasteiger partial charge >= 0.3 is 0 Å². The summed E-state index contributed by atoms with van der Waals surface area (Å²) in [7, 11) is 0. The molecule has 0 aliphatic carbocycles. The van der Waals surface area contributed by atoms with Gasteiger partial charge in [0.05, 0.1) is 33.2 Å². The standard InChI is InChI=1S/C26H18Cl2N4O2S/c27-17-10-11-20(28)22(13-17)30-24(33)15-35-26-31-23(25(34)32(26)19-7-2-1-3-8-19)14-18-12-16-6-4-5-9-21(16)29-18/h1-14,34H,15H2,(H,30,33)/b18-14-. The lowest BCUT2D eigenvalue weighted by Gasteiger charge is -2.09. The number of halogens is 2. The molecular weight excluding hydrogens is 503 g/mol. The van der Waals surface area contributed by atoms with E-state index in [9.17, 15) is 9.90 Å². The van der Waals surface area contributed by atoms with Gasteiger partial charge in [-0.2, -0.15) is 0 Å². The number of fused-ring (bicyclic) bond motifs is 1. The fourth-order valence-corrected chi connectivity index (χ4v) is 4.73. The number of para-hydroxylation sites is 2. The van der Waals surface area contributed by atoms with Crippen molar-refractivity contribution >= 4 is 58.7 Å². The zero-order chi connectivity index (χ0) is 24.4. The van der Waals surface area contributed by atoms with Crippen molar-refractivity contribution in [2.24, 2.45) is 4.99 Å². The first kappa shape index (κ1) is 23.2. The van der Waals surface area contributed by atoms with E-state index in [-0.39, 0.29) is 17.5 Å². The van der Waals surface area contributed by atoms with Gasteiger partial charge in [0.15, 0.2) is 5.16 Å². The molecule has 5 rings (SSSR count). The first-order valence-corrected chi connectivity index (χ1v) is 12.3. The number of nitrogens with zero attached hydrogens (tertiary/aromatic N) is 3. The molecule has 174 valence electrons. The molecule has 9 heteroatoms. The van der Waals surface area contributed by atoms with Crippen LogP contribution in [0, 0.1) is 0 Å². The van der Waals surface area contributed by atoms with Gasteiger partial charge in [0.1, 0.15) is 5.69 Å². The number of nitrogens with one attached hydrogen (secondary N) is 1. The van der Waals surface area contributed by atoms with Crippen LogP contribution in [0.1, 0.15) is 5.69 Å². The highest BCUT2D eigenvalue weighted by Crippen LogP contribution is 2.32. The Kier molecular flexibility index (Phi) is 6.63. The first-order chi connectivity index (χ1) is 17.0. The van der Waals surface area contributed by atoms with Crippen LogP contribution in [0.3, 0.4) is 0 Å². The summed E-state index contributed by atoms with van der Waals surface area (Å²) in [6.07, 6.45) is 3.66. The Bertz CT molecular complexity index is 1550. The second kappa shape index (κ2) is 10.00.